The third kappa shape index (κ3) is 8.96. The van der Waals surface area contributed by atoms with E-state index in [0.717, 1.165) is 25.9 Å². The van der Waals surface area contributed by atoms with Gasteiger partial charge in [-0.3, -0.25) is 4.79 Å². The molecule has 0 heterocycles. The van der Waals surface area contributed by atoms with Gasteiger partial charge in [0, 0.05) is 13.1 Å². The lowest BCUT2D eigenvalue weighted by molar-refractivity contribution is 0.220. The molecular weight excluding hydrogens is 218 g/mol. The predicted octanol–water partition coefficient (Wildman–Crippen LogP) is 4.77. The highest BCUT2D eigenvalue weighted by Crippen LogP contribution is 2.07. The Morgan fingerprint density at radius 1 is 0.875 bits per heavy atom. The first-order chi connectivity index (χ1) is 7.72. The van der Waals surface area contributed by atoms with Crippen LogP contribution in [0.2, 0.25) is 0 Å². The van der Waals surface area contributed by atoms with E-state index in [9.17, 15) is 4.79 Å². The largest absolute Gasteiger partial charge is 0.330 e. The average Bonchev–Trinajstić information content (AvgIpc) is 2.26. The van der Waals surface area contributed by atoms with E-state index in [4.69, 9.17) is 12.6 Å². The van der Waals surface area contributed by atoms with Crippen molar-refractivity contribution in [2.75, 3.05) is 13.1 Å². The second kappa shape index (κ2) is 11.2. The van der Waals surface area contributed by atoms with Crippen molar-refractivity contribution in [3.63, 3.8) is 0 Å². The summed E-state index contributed by atoms with van der Waals surface area (Å²) in [6, 6.07) is 0. The normalized spacial score (nSPS) is 10.4. The number of carbonyl (C=O) groups is 1. The molecule has 1 amide bonds. The number of nitrogens with zero attached hydrogens (tertiary/aromatic N) is 1. The third-order valence-corrected chi connectivity index (χ3v) is 3.08. The zero-order valence-corrected chi connectivity index (χ0v) is 11.7. The Hall–Kier alpha value is -0.310. The summed E-state index contributed by atoms with van der Waals surface area (Å²) in [6.45, 7) is 6.10. The minimum atomic E-state index is -0.173. The standard InChI is InChI=1S/C13H26NOS/c1-3-5-7-9-11-14(13(15)16)12-10-8-6-4-2/h3-12H2,1-2H3. The lowest BCUT2D eigenvalue weighted by Gasteiger charge is -2.19. The number of hydrogen-bond acceptors (Lipinski definition) is 1. The zero-order valence-electron chi connectivity index (χ0n) is 10.8. The minimum absolute atomic E-state index is 0.173. The van der Waals surface area contributed by atoms with Gasteiger partial charge in [0.05, 0.1) is 0 Å². The Morgan fingerprint density at radius 3 is 1.62 bits per heavy atom. The summed E-state index contributed by atoms with van der Waals surface area (Å²) in [5, 5.41) is -0.173. The number of carbonyl (C=O) groups excluding carboxylic acids is 1. The molecule has 95 valence electrons. The predicted molar refractivity (Wildman–Crippen MR) is 72.8 cm³/mol. The molecule has 0 aliphatic rings. The molecule has 1 radical (unpaired) electrons. The van der Waals surface area contributed by atoms with Crippen molar-refractivity contribution in [1.82, 2.24) is 4.90 Å². The molecule has 0 N–H and O–H groups in total. The summed E-state index contributed by atoms with van der Waals surface area (Å²) in [6.07, 6.45) is 9.62. The average molecular weight is 244 g/mol. The molecule has 0 aromatic heterocycles. The molecule has 2 nitrogen and oxygen atoms in total. The van der Waals surface area contributed by atoms with Crippen molar-refractivity contribution in [2.24, 2.45) is 0 Å². The van der Waals surface area contributed by atoms with Gasteiger partial charge >= 0.3 is 5.24 Å². The maximum atomic E-state index is 11.2. The monoisotopic (exact) mass is 244 g/mol. The van der Waals surface area contributed by atoms with Crippen molar-refractivity contribution in [2.45, 2.75) is 65.2 Å². The molecule has 0 rings (SSSR count). The molecule has 0 bridgehead atoms. The van der Waals surface area contributed by atoms with Crippen LogP contribution in [0.1, 0.15) is 65.2 Å². The molecule has 16 heavy (non-hydrogen) atoms. The van der Waals surface area contributed by atoms with Crippen LogP contribution in [0.4, 0.5) is 4.79 Å². The maximum absolute atomic E-state index is 11.2. The molecule has 0 aromatic rings. The van der Waals surface area contributed by atoms with E-state index in [1.807, 2.05) is 4.90 Å². The molecule has 0 saturated heterocycles. The van der Waals surface area contributed by atoms with Crippen LogP contribution >= 0.6 is 12.6 Å². The number of rotatable bonds is 10. The Balaban J connectivity index is 3.59. The van der Waals surface area contributed by atoms with Crippen LogP contribution in [0.25, 0.3) is 0 Å². The van der Waals surface area contributed by atoms with Crippen LogP contribution in [-0.4, -0.2) is 23.2 Å². The van der Waals surface area contributed by atoms with Gasteiger partial charge in [0.2, 0.25) is 0 Å². The Bertz CT molecular complexity index is 161. The van der Waals surface area contributed by atoms with Crippen LogP contribution in [0.5, 0.6) is 0 Å². The summed E-state index contributed by atoms with van der Waals surface area (Å²) in [5.41, 5.74) is 0. The van der Waals surface area contributed by atoms with E-state index in [0.29, 0.717) is 0 Å². The topological polar surface area (TPSA) is 20.3 Å². The van der Waals surface area contributed by atoms with Crippen LogP contribution in [0, 0.1) is 0 Å². The number of amides is 1. The van der Waals surface area contributed by atoms with E-state index in [-0.39, 0.29) is 5.24 Å². The fraction of sp³-hybridized carbons (Fsp3) is 0.923. The van der Waals surface area contributed by atoms with Crippen molar-refractivity contribution in [1.29, 1.82) is 0 Å². The first-order valence-electron chi connectivity index (χ1n) is 6.68. The van der Waals surface area contributed by atoms with Crippen molar-refractivity contribution >= 4 is 17.9 Å². The van der Waals surface area contributed by atoms with Gasteiger partial charge in [-0.15, -0.1) is 0 Å². The fourth-order valence-electron chi connectivity index (χ4n) is 1.75. The SMILES string of the molecule is CCCCCCN(CCCCCC)C(=O)[S]. The summed E-state index contributed by atoms with van der Waals surface area (Å²) in [4.78, 5) is 13.0. The van der Waals surface area contributed by atoms with Crippen LogP contribution < -0.4 is 0 Å². The van der Waals surface area contributed by atoms with E-state index in [1.165, 1.54) is 38.5 Å². The van der Waals surface area contributed by atoms with E-state index < -0.39 is 0 Å². The first-order valence-corrected chi connectivity index (χ1v) is 7.09. The van der Waals surface area contributed by atoms with E-state index in [2.05, 4.69) is 13.8 Å². The molecule has 0 saturated carbocycles. The Labute approximate surface area is 106 Å². The van der Waals surface area contributed by atoms with E-state index in [1.54, 1.807) is 0 Å². The number of unbranched alkanes of at least 4 members (excludes halogenated alkanes) is 6. The second-order valence-corrected chi connectivity index (χ2v) is 4.72. The van der Waals surface area contributed by atoms with Crippen LogP contribution in [0.15, 0.2) is 0 Å². The summed E-state index contributed by atoms with van der Waals surface area (Å²) in [7, 11) is 0. The summed E-state index contributed by atoms with van der Waals surface area (Å²) in [5.74, 6) is 0. The van der Waals surface area contributed by atoms with Crippen molar-refractivity contribution < 1.29 is 4.79 Å². The number of hydrogen-bond donors (Lipinski definition) is 0. The molecule has 0 unspecified atom stereocenters. The van der Waals surface area contributed by atoms with Gasteiger partial charge in [-0.2, -0.15) is 0 Å². The van der Waals surface area contributed by atoms with Crippen molar-refractivity contribution in [3.05, 3.63) is 0 Å². The highest BCUT2D eigenvalue weighted by molar-refractivity contribution is 7.96. The quantitative estimate of drug-likeness (QED) is 0.507. The van der Waals surface area contributed by atoms with Gasteiger partial charge in [-0.1, -0.05) is 52.4 Å². The highest BCUT2D eigenvalue weighted by atomic mass is 32.1. The van der Waals surface area contributed by atoms with Crippen molar-refractivity contribution in [3.8, 4) is 0 Å². The van der Waals surface area contributed by atoms with Gasteiger partial charge in [-0.25, -0.2) is 0 Å². The highest BCUT2D eigenvalue weighted by Gasteiger charge is 2.08. The van der Waals surface area contributed by atoms with E-state index >= 15 is 0 Å². The fourth-order valence-corrected chi connectivity index (χ4v) is 1.94. The van der Waals surface area contributed by atoms with Gasteiger partial charge in [0.1, 0.15) is 0 Å². The smallest absolute Gasteiger partial charge is 0.313 e. The maximum Gasteiger partial charge on any atom is 0.313 e. The molecule has 0 atom stereocenters. The second-order valence-electron chi connectivity index (χ2n) is 4.37. The summed E-state index contributed by atoms with van der Waals surface area (Å²) < 4.78 is 0. The van der Waals surface area contributed by atoms with Gasteiger partial charge in [0.25, 0.3) is 0 Å². The van der Waals surface area contributed by atoms with Crippen LogP contribution in [0.3, 0.4) is 0 Å². The first kappa shape index (κ1) is 15.7. The van der Waals surface area contributed by atoms with Gasteiger partial charge in [0.15, 0.2) is 0 Å². The molecular formula is C13H26NOS. The van der Waals surface area contributed by atoms with Gasteiger partial charge < -0.3 is 4.90 Å². The molecule has 3 heteroatoms. The molecule has 0 fully saturated rings. The third-order valence-electron chi connectivity index (χ3n) is 2.82. The van der Waals surface area contributed by atoms with Crippen LogP contribution in [-0.2, 0) is 0 Å². The molecule has 0 aliphatic heterocycles. The van der Waals surface area contributed by atoms with Gasteiger partial charge in [-0.05, 0) is 25.5 Å². The molecule has 0 spiro atoms. The molecule has 0 aromatic carbocycles. The lowest BCUT2D eigenvalue weighted by atomic mass is 10.2. The molecule has 0 aliphatic carbocycles. The Kier molecular flexibility index (Phi) is 11.0. The lowest BCUT2D eigenvalue weighted by Crippen LogP contribution is -2.28. The zero-order chi connectivity index (χ0) is 12.2. The minimum Gasteiger partial charge on any atom is -0.330 e. The summed E-state index contributed by atoms with van der Waals surface area (Å²) >= 11 is 4.74. The Morgan fingerprint density at radius 2 is 1.31 bits per heavy atom.